The van der Waals surface area contributed by atoms with Gasteiger partial charge in [0.05, 0.1) is 19.3 Å². The van der Waals surface area contributed by atoms with E-state index in [1.54, 1.807) is 0 Å². The lowest BCUT2D eigenvalue weighted by atomic mass is 9.90. The van der Waals surface area contributed by atoms with Gasteiger partial charge >= 0.3 is 5.97 Å². The molecule has 1 aliphatic heterocycles. The molecule has 0 spiro atoms. The third kappa shape index (κ3) is 9.77. The molecule has 2 N–H and O–H groups in total. The van der Waals surface area contributed by atoms with Crippen molar-refractivity contribution in [1.82, 2.24) is 0 Å². The van der Waals surface area contributed by atoms with E-state index in [2.05, 4.69) is 13.0 Å². The monoisotopic (exact) mass is 326 g/mol. The smallest absolute Gasteiger partial charge is 0.303 e. The van der Waals surface area contributed by atoms with Crippen LogP contribution in [-0.2, 0) is 9.53 Å². The van der Waals surface area contributed by atoms with Gasteiger partial charge in [0.15, 0.2) is 0 Å². The first kappa shape index (κ1) is 20.2. The Kier molecular flexibility index (Phi) is 11.0. The second kappa shape index (κ2) is 12.5. The van der Waals surface area contributed by atoms with Crippen molar-refractivity contribution < 1.29 is 19.7 Å². The Labute approximate surface area is 140 Å². The zero-order valence-corrected chi connectivity index (χ0v) is 14.6. The lowest BCUT2D eigenvalue weighted by Crippen LogP contribution is -2.11. The van der Waals surface area contributed by atoms with Crippen molar-refractivity contribution in [1.29, 1.82) is 0 Å². The summed E-state index contributed by atoms with van der Waals surface area (Å²) in [6.45, 7) is 3.75. The molecule has 4 heteroatoms. The zero-order valence-electron chi connectivity index (χ0n) is 14.6. The van der Waals surface area contributed by atoms with Crippen LogP contribution >= 0.6 is 0 Å². The van der Waals surface area contributed by atoms with Crippen LogP contribution in [0.5, 0.6) is 0 Å². The lowest BCUT2D eigenvalue weighted by molar-refractivity contribution is -0.137. The summed E-state index contributed by atoms with van der Waals surface area (Å²) >= 11 is 0. The molecule has 0 saturated carbocycles. The Morgan fingerprint density at radius 3 is 2.70 bits per heavy atom. The Balaban J connectivity index is 2.16. The van der Waals surface area contributed by atoms with Crippen molar-refractivity contribution in [2.75, 3.05) is 13.2 Å². The second-order valence-electron chi connectivity index (χ2n) is 6.76. The van der Waals surface area contributed by atoms with Crippen molar-refractivity contribution in [2.45, 2.75) is 77.2 Å². The van der Waals surface area contributed by atoms with Gasteiger partial charge in [0.25, 0.3) is 0 Å². The van der Waals surface area contributed by atoms with Gasteiger partial charge in [0.2, 0.25) is 0 Å². The number of carbonyl (C=O) groups is 1. The Hall–Kier alpha value is -0.870. The Morgan fingerprint density at radius 2 is 1.96 bits per heavy atom. The summed E-state index contributed by atoms with van der Waals surface area (Å²) in [5.41, 5.74) is 0. The largest absolute Gasteiger partial charge is 0.481 e. The normalized spacial score (nSPS) is 22.7. The first-order chi connectivity index (χ1) is 11.1. The predicted molar refractivity (Wildman–Crippen MR) is 92.4 cm³/mol. The third-order valence-electron chi connectivity index (χ3n) is 4.65. The van der Waals surface area contributed by atoms with E-state index in [1.807, 2.05) is 6.08 Å². The number of carboxylic acid groups (broad SMARTS) is 1. The van der Waals surface area contributed by atoms with E-state index in [1.165, 1.54) is 12.8 Å². The van der Waals surface area contributed by atoms with Gasteiger partial charge in [-0.2, -0.15) is 0 Å². The van der Waals surface area contributed by atoms with Crippen LogP contribution in [-0.4, -0.2) is 35.5 Å². The number of hydrogen-bond acceptors (Lipinski definition) is 3. The van der Waals surface area contributed by atoms with E-state index >= 15 is 0 Å². The highest BCUT2D eigenvalue weighted by Gasteiger charge is 2.25. The maximum Gasteiger partial charge on any atom is 0.303 e. The van der Waals surface area contributed by atoms with E-state index in [9.17, 15) is 9.90 Å². The second-order valence-corrected chi connectivity index (χ2v) is 6.76. The van der Waals surface area contributed by atoms with Gasteiger partial charge in [-0.05, 0) is 25.2 Å². The molecule has 0 radical (unpaired) electrons. The topological polar surface area (TPSA) is 66.8 Å². The van der Waals surface area contributed by atoms with Crippen LogP contribution in [0, 0.1) is 11.8 Å². The third-order valence-corrected chi connectivity index (χ3v) is 4.65. The molecular weight excluding hydrogens is 292 g/mol. The summed E-state index contributed by atoms with van der Waals surface area (Å²) in [7, 11) is 0. The Morgan fingerprint density at radius 1 is 1.17 bits per heavy atom. The summed E-state index contributed by atoms with van der Waals surface area (Å²) in [4.78, 5) is 10.4. The first-order valence-corrected chi connectivity index (χ1v) is 9.29. The number of ether oxygens (including phenoxy) is 1. The molecule has 1 unspecified atom stereocenters. The number of rotatable bonds is 13. The predicted octanol–water partition coefficient (Wildman–Crippen LogP) is 4.17. The van der Waals surface area contributed by atoms with Crippen LogP contribution in [0.1, 0.15) is 71.1 Å². The minimum atomic E-state index is -0.697. The highest BCUT2D eigenvalue weighted by atomic mass is 16.5. The average Bonchev–Trinajstić information content (AvgIpc) is 2.96. The molecule has 1 aliphatic rings. The average molecular weight is 326 g/mol. The molecule has 1 saturated heterocycles. The summed E-state index contributed by atoms with van der Waals surface area (Å²) in [5.74, 6) is 0.278. The molecule has 0 aromatic heterocycles. The number of carboxylic acids is 1. The van der Waals surface area contributed by atoms with E-state index in [0.717, 1.165) is 58.2 Å². The van der Waals surface area contributed by atoms with Crippen LogP contribution < -0.4 is 0 Å². The van der Waals surface area contributed by atoms with E-state index < -0.39 is 5.97 Å². The van der Waals surface area contributed by atoms with Crippen molar-refractivity contribution >= 4 is 5.97 Å². The Bertz CT molecular complexity index is 340. The van der Waals surface area contributed by atoms with E-state index in [4.69, 9.17) is 9.84 Å². The maximum absolute atomic E-state index is 10.4. The molecule has 4 nitrogen and oxygen atoms in total. The van der Waals surface area contributed by atoms with Crippen molar-refractivity contribution in [2.24, 2.45) is 11.8 Å². The molecule has 0 aromatic carbocycles. The van der Waals surface area contributed by atoms with Crippen LogP contribution in [0.4, 0.5) is 0 Å². The van der Waals surface area contributed by atoms with Gasteiger partial charge < -0.3 is 14.9 Å². The molecule has 0 amide bonds. The highest BCUT2D eigenvalue weighted by molar-refractivity contribution is 5.66. The number of unbranched alkanes of at least 4 members (excludes halogenated alkanes) is 5. The van der Waals surface area contributed by atoms with Crippen LogP contribution in [0.25, 0.3) is 0 Å². The van der Waals surface area contributed by atoms with Gasteiger partial charge in [-0.15, -0.1) is 0 Å². The van der Waals surface area contributed by atoms with E-state index in [-0.39, 0.29) is 12.5 Å². The lowest BCUT2D eigenvalue weighted by Gasteiger charge is -2.14. The number of hydrogen-bond donors (Lipinski definition) is 2. The van der Waals surface area contributed by atoms with Crippen molar-refractivity contribution in [3.63, 3.8) is 0 Å². The highest BCUT2D eigenvalue weighted by Crippen LogP contribution is 2.27. The minimum absolute atomic E-state index is 0.286. The molecule has 3 atom stereocenters. The molecule has 134 valence electrons. The number of aliphatic hydroxyl groups excluding tert-OH is 1. The van der Waals surface area contributed by atoms with Crippen LogP contribution in [0.3, 0.4) is 0 Å². The molecular formula is C19H34O4. The van der Waals surface area contributed by atoms with Gasteiger partial charge in [-0.3, -0.25) is 4.79 Å². The molecule has 1 fully saturated rings. The number of aliphatic hydroxyl groups is 1. The molecule has 23 heavy (non-hydrogen) atoms. The minimum Gasteiger partial charge on any atom is -0.481 e. The molecule has 0 bridgehead atoms. The molecule has 1 heterocycles. The SMILES string of the molecule is CCCCCC(O)/C=C/[C@H]1COC[C@H]1CCCCCCC(=O)O. The van der Waals surface area contributed by atoms with Crippen molar-refractivity contribution in [3.05, 3.63) is 12.2 Å². The van der Waals surface area contributed by atoms with Crippen molar-refractivity contribution in [3.8, 4) is 0 Å². The molecule has 0 aliphatic carbocycles. The zero-order chi connectivity index (χ0) is 16.9. The van der Waals surface area contributed by atoms with Crippen LogP contribution in [0.2, 0.25) is 0 Å². The fourth-order valence-electron chi connectivity index (χ4n) is 3.13. The van der Waals surface area contributed by atoms with Gasteiger partial charge in [-0.1, -0.05) is 57.6 Å². The summed E-state index contributed by atoms with van der Waals surface area (Å²) < 4.78 is 5.60. The van der Waals surface area contributed by atoms with E-state index in [0.29, 0.717) is 11.8 Å². The van der Waals surface area contributed by atoms with Gasteiger partial charge in [-0.25, -0.2) is 0 Å². The maximum atomic E-state index is 10.4. The fourth-order valence-corrected chi connectivity index (χ4v) is 3.13. The number of aliphatic carboxylic acids is 1. The molecule has 0 aromatic rings. The standard InChI is InChI=1S/C19H34O4/c1-2-3-6-10-18(20)13-12-17-15-23-14-16(17)9-7-4-5-8-11-19(21)22/h12-13,16-18,20H,2-11,14-15H2,1H3,(H,21,22)/b13-12+/t16-,17+,18?/m1/s1. The quantitative estimate of drug-likeness (QED) is 0.394. The summed E-state index contributed by atoms with van der Waals surface area (Å²) in [6, 6.07) is 0. The van der Waals surface area contributed by atoms with Crippen LogP contribution in [0.15, 0.2) is 12.2 Å². The summed E-state index contributed by atoms with van der Waals surface area (Å²) in [5, 5.41) is 18.6. The van der Waals surface area contributed by atoms with Gasteiger partial charge in [0, 0.05) is 12.3 Å². The fraction of sp³-hybridized carbons (Fsp3) is 0.842. The summed E-state index contributed by atoms with van der Waals surface area (Å²) in [6.07, 6.45) is 13.5. The van der Waals surface area contributed by atoms with Gasteiger partial charge in [0.1, 0.15) is 0 Å². The molecule has 1 rings (SSSR count). The first-order valence-electron chi connectivity index (χ1n) is 9.29.